The molecule has 0 aromatic rings. The lowest BCUT2D eigenvalue weighted by Crippen LogP contribution is -2.44. The number of nitrogens with one attached hydrogen (secondary N) is 2. The largest absolute Gasteiger partial charge is 0.311 e. The Morgan fingerprint density at radius 2 is 2.25 bits per heavy atom. The Labute approximate surface area is 73.9 Å². The number of rotatable bonds is 1. The maximum Gasteiger partial charge on any atom is 0.0455 e. The summed E-state index contributed by atoms with van der Waals surface area (Å²) < 4.78 is 19.0. The zero-order chi connectivity index (χ0) is 8.82. The Balaban J connectivity index is 2.09. The smallest absolute Gasteiger partial charge is 0.0455 e. The number of hydrogen-bond donors (Lipinski definition) is 2. The summed E-state index contributed by atoms with van der Waals surface area (Å²) >= 11 is 0. The standard InChI is InChI=1S/C8H16N2OS/c1-12(9,11)7-2-5-10-8(6-7)3-4-8/h7,9-10H,2-6H2,1H3. The van der Waals surface area contributed by atoms with Gasteiger partial charge in [-0.2, -0.15) is 0 Å². The van der Waals surface area contributed by atoms with Crippen LogP contribution in [0.25, 0.3) is 0 Å². The van der Waals surface area contributed by atoms with E-state index in [0.29, 0.717) is 5.54 Å². The minimum absolute atomic E-state index is 0.140. The molecule has 2 atom stereocenters. The van der Waals surface area contributed by atoms with Gasteiger partial charge in [-0.15, -0.1) is 0 Å². The van der Waals surface area contributed by atoms with Gasteiger partial charge in [0.05, 0.1) is 0 Å². The third-order valence-electron chi connectivity index (χ3n) is 3.07. The van der Waals surface area contributed by atoms with E-state index in [2.05, 4.69) is 5.32 Å². The van der Waals surface area contributed by atoms with E-state index in [1.807, 2.05) is 0 Å². The molecule has 4 heteroatoms. The van der Waals surface area contributed by atoms with Crippen LogP contribution in [-0.4, -0.2) is 27.8 Å². The van der Waals surface area contributed by atoms with Crippen molar-refractivity contribution in [3.05, 3.63) is 0 Å². The van der Waals surface area contributed by atoms with Crippen molar-refractivity contribution in [1.82, 2.24) is 5.32 Å². The van der Waals surface area contributed by atoms with Crippen LogP contribution in [0.5, 0.6) is 0 Å². The van der Waals surface area contributed by atoms with Gasteiger partial charge in [-0.05, 0) is 32.2 Å². The highest BCUT2D eigenvalue weighted by atomic mass is 32.2. The average Bonchev–Trinajstić information content (AvgIpc) is 2.68. The van der Waals surface area contributed by atoms with Gasteiger partial charge in [-0.25, -0.2) is 4.21 Å². The van der Waals surface area contributed by atoms with E-state index < -0.39 is 9.73 Å². The van der Waals surface area contributed by atoms with E-state index in [9.17, 15) is 4.21 Å². The summed E-state index contributed by atoms with van der Waals surface area (Å²) in [4.78, 5) is 0. The van der Waals surface area contributed by atoms with Crippen LogP contribution in [0, 0.1) is 4.78 Å². The van der Waals surface area contributed by atoms with Gasteiger partial charge in [0, 0.05) is 26.8 Å². The van der Waals surface area contributed by atoms with Crippen molar-refractivity contribution < 1.29 is 4.21 Å². The predicted molar refractivity (Wildman–Crippen MR) is 49.8 cm³/mol. The normalized spacial score (nSPS) is 37.6. The molecule has 1 saturated carbocycles. The molecule has 1 spiro atoms. The van der Waals surface area contributed by atoms with Crippen LogP contribution in [-0.2, 0) is 9.73 Å². The monoisotopic (exact) mass is 188 g/mol. The lowest BCUT2D eigenvalue weighted by molar-refractivity contribution is 0.387. The summed E-state index contributed by atoms with van der Waals surface area (Å²) in [6.07, 6.45) is 5.91. The van der Waals surface area contributed by atoms with Crippen LogP contribution in [0.4, 0.5) is 0 Å². The second kappa shape index (κ2) is 2.45. The molecule has 1 heterocycles. The lowest BCUT2D eigenvalue weighted by Gasteiger charge is -2.30. The van der Waals surface area contributed by atoms with Crippen molar-refractivity contribution >= 4 is 9.73 Å². The van der Waals surface area contributed by atoms with Gasteiger partial charge in [0.15, 0.2) is 0 Å². The third-order valence-corrected chi connectivity index (χ3v) is 4.75. The highest BCUT2D eigenvalue weighted by molar-refractivity contribution is 7.92. The van der Waals surface area contributed by atoms with Gasteiger partial charge >= 0.3 is 0 Å². The molecule has 0 amide bonds. The molecule has 2 unspecified atom stereocenters. The fourth-order valence-electron chi connectivity index (χ4n) is 2.02. The molecule has 70 valence electrons. The molecule has 0 bridgehead atoms. The van der Waals surface area contributed by atoms with Crippen molar-refractivity contribution in [1.29, 1.82) is 4.78 Å². The molecule has 1 aliphatic carbocycles. The van der Waals surface area contributed by atoms with Gasteiger partial charge < -0.3 is 5.32 Å². The Hall–Kier alpha value is -0.0900. The zero-order valence-electron chi connectivity index (χ0n) is 7.43. The number of hydrogen-bond acceptors (Lipinski definition) is 3. The van der Waals surface area contributed by atoms with Crippen molar-refractivity contribution in [3.63, 3.8) is 0 Å². The highest BCUT2D eigenvalue weighted by Crippen LogP contribution is 2.43. The van der Waals surface area contributed by atoms with E-state index in [1.165, 1.54) is 12.8 Å². The van der Waals surface area contributed by atoms with Crippen LogP contribution >= 0.6 is 0 Å². The summed E-state index contributed by atoms with van der Waals surface area (Å²) in [6.45, 7) is 0.953. The second-order valence-corrected chi connectivity index (χ2v) is 6.70. The fraction of sp³-hybridized carbons (Fsp3) is 1.00. The van der Waals surface area contributed by atoms with Crippen LogP contribution in [0.1, 0.15) is 25.7 Å². The Morgan fingerprint density at radius 3 is 2.75 bits per heavy atom. The van der Waals surface area contributed by atoms with Crippen molar-refractivity contribution in [2.24, 2.45) is 0 Å². The summed E-state index contributed by atoms with van der Waals surface area (Å²) in [5, 5.41) is 3.60. The lowest BCUT2D eigenvalue weighted by atomic mass is 10.0. The topological polar surface area (TPSA) is 53.0 Å². The molecule has 12 heavy (non-hydrogen) atoms. The van der Waals surface area contributed by atoms with E-state index in [0.717, 1.165) is 19.4 Å². The maximum atomic E-state index is 11.5. The molecule has 0 radical (unpaired) electrons. The van der Waals surface area contributed by atoms with Gasteiger partial charge in [-0.3, -0.25) is 4.78 Å². The fourth-order valence-corrected chi connectivity index (χ4v) is 3.23. The van der Waals surface area contributed by atoms with Crippen LogP contribution < -0.4 is 5.32 Å². The summed E-state index contributed by atoms with van der Waals surface area (Å²) in [5.41, 5.74) is 0.308. The summed E-state index contributed by atoms with van der Waals surface area (Å²) in [5.74, 6) is 0. The van der Waals surface area contributed by atoms with Crippen molar-refractivity contribution in [3.8, 4) is 0 Å². The van der Waals surface area contributed by atoms with E-state index >= 15 is 0 Å². The van der Waals surface area contributed by atoms with Crippen LogP contribution in [0.3, 0.4) is 0 Å². The molecule has 0 aromatic carbocycles. The molecule has 2 fully saturated rings. The van der Waals surface area contributed by atoms with Gasteiger partial charge in [0.2, 0.25) is 0 Å². The quantitative estimate of drug-likeness (QED) is 0.643. The van der Waals surface area contributed by atoms with E-state index in [1.54, 1.807) is 6.26 Å². The van der Waals surface area contributed by atoms with Gasteiger partial charge in [0.25, 0.3) is 0 Å². The molecule has 3 nitrogen and oxygen atoms in total. The minimum atomic E-state index is -2.30. The van der Waals surface area contributed by atoms with Crippen LogP contribution in [0.2, 0.25) is 0 Å². The molecule has 0 aromatic heterocycles. The van der Waals surface area contributed by atoms with E-state index in [-0.39, 0.29) is 5.25 Å². The number of piperidine rings is 1. The average molecular weight is 188 g/mol. The maximum absolute atomic E-state index is 11.5. The minimum Gasteiger partial charge on any atom is -0.311 e. The second-order valence-electron chi connectivity index (χ2n) is 4.23. The molecular weight excluding hydrogens is 172 g/mol. The molecule has 1 aliphatic heterocycles. The first-order valence-corrected chi connectivity index (χ1v) is 6.52. The Bertz CT molecular complexity index is 279. The SMILES string of the molecule is CS(=N)(=O)C1CCNC2(CC2)C1. The third kappa shape index (κ3) is 1.50. The first-order chi connectivity index (χ1) is 5.52. The summed E-state index contributed by atoms with van der Waals surface area (Å²) in [6, 6.07) is 0. The van der Waals surface area contributed by atoms with Gasteiger partial charge in [-0.1, -0.05) is 0 Å². The van der Waals surface area contributed by atoms with Crippen molar-refractivity contribution in [2.75, 3.05) is 12.8 Å². The van der Waals surface area contributed by atoms with Crippen LogP contribution in [0.15, 0.2) is 0 Å². The molecular formula is C8H16N2OS. The summed E-state index contributed by atoms with van der Waals surface area (Å²) in [7, 11) is -2.30. The van der Waals surface area contributed by atoms with Crippen molar-refractivity contribution in [2.45, 2.75) is 36.5 Å². The molecule has 2 rings (SSSR count). The van der Waals surface area contributed by atoms with E-state index in [4.69, 9.17) is 4.78 Å². The molecule has 1 saturated heterocycles. The Kier molecular flexibility index (Phi) is 1.74. The predicted octanol–water partition coefficient (Wildman–Crippen LogP) is 0.948. The first-order valence-electron chi connectivity index (χ1n) is 4.50. The molecule has 2 aliphatic rings. The zero-order valence-corrected chi connectivity index (χ0v) is 8.25. The Morgan fingerprint density at radius 1 is 1.58 bits per heavy atom. The van der Waals surface area contributed by atoms with Gasteiger partial charge in [0.1, 0.15) is 0 Å². The molecule has 2 N–H and O–H groups in total. The highest BCUT2D eigenvalue weighted by Gasteiger charge is 2.47. The first kappa shape index (κ1) is 8.51.